The molecule has 28 heavy (non-hydrogen) atoms. The van der Waals surface area contributed by atoms with Crippen LogP contribution in [0.1, 0.15) is 35.5 Å². The summed E-state index contributed by atoms with van der Waals surface area (Å²) in [5.74, 6) is 0.449. The van der Waals surface area contributed by atoms with Gasteiger partial charge in [0.1, 0.15) is 5.69 Å². The number of nitrogens with zero attached hydrogens (tertiary/aromatic N) is 4. The number of hydrogen-bond acceptors (Lipinski definition) is 4. The second-order valence-corrected chi connectivity index (χ2v) is 6.63. The third-order valence-corrected chi connectivity index (χ3v) is 4.62. The molecular formula is C23H26N4O. The van der Waals surface area contributed by atoms with Crippen molar-refractivity contribution >= 4 is 17.5 Å². The number of carbonyl (C=O) groups excluding carboxylic acids is 1. The molecule has 2 aromatic carbocycles. The van der Waals surface area contributed by atoms with Crippen molar-refractivity contribution in [1.29, 1.82) is 0 Å². The lowest BCUT2D eigenvalue weighted by atomic mass is 10.2. The largest absolute Gasteiger partial charge is 0.337 e. The normalized spacial score (nSPS) is 10.5. The molecule has 0 saturated carbocycles. The quantitative estimate of drug-likeness (QED) is 0.612. The van der Waals surface area contributed by atoms with Gasteiger partial charge in [0.15, 0.2) is 0 Å². The van der Waals surface area contributed by atoms with Crippen molar-refractivity contribution in [2.75, 3.05) is 22.9 Å². The first-order valence-electron chi connectivity index (χ1n) is 9.62. The maximum absolute atomic E-state index is 13.1. The number of rotatable bonds is 7. The van der Waals surface area contributed by atoms with E-state index in [1.54, 1.807) is 17.2 Å². The molecule has 0 radical (unpaired) electrons. The maximum atomic E-state index is 13.1. The van der Waals surface area contributed by atoms with Gasteiger partial charge in [-0.25, -0.2) is 9.97 Å². The van der Waals surface area contributed by atoms with Gasteiger partial charge in [-0.1, -0.05) is 42.5 Å². The van der Waals surface area contributed by atoms with E-state index in [0.29, 0.717) is 24.7 Å². The van der Waals surface area contributed by atoms with Gasteiger partial charge in [-0.15, -0.1) is 0 Å². The first-order valence-corrected chi connectivity index (χ1v) is 9.62. The minimum absolute atomic E-state index is 0.118. The summed E-state index contributed by atoms with van der Waals surface area (Å²) in [7, 11) is 0. The standard InChI is InChI=1S/C23H26N4O/c1-4-26(17-19-11-7-6-8-12-19)23-24-15-14-21(25-23)22(28)27(5-2)20-13-9-10-18(3)16-20/h6-16H,4-5,17H2,1-3H3. The molecule has 0 aliphatic carbocycles. The van der Waals surface area contributed by atoms with Crippen LogP contribution in [0.3, 0.4) is 0 Å². The summed E-state index contributed by atoms with van der Waals surface area (Å²) in [4.78, 5) is 25.9. The molecular weight excluding hydrogens is 348 g/mol. The average molecular weight is 374 g/mol. The molecule has 1 aromatic heterocycles. The Morgan fingerprint density at radius 2 is 1.75 bits per heavy atom. The van der Waals surface area contributed by atoms with Crippen LogP contribution in [0.25, 0.3) is 0 Å². The van der Waals surface area contributed by atoms with E-state index in [1.165, 1.54) is 5.56 Å². The molecule has 0 spiro atoms. The van der Waals surface area contributed by atoms with Crippen LogP contribution < -0.4 is 9.80 Å². The Morgan fingerprint density at radius 1 is 0.964 bits per heavy atom. The number of anilines is 2. The molecule has 1 amide bonds. The van der Waals surface area contributed by atoms with Gasteiger partial charge >= 0.3 is 0 Å². The second-order valence-electron chi connectivity index (χ2n) is 6.63. The summed E-state index contributed by atoms with van der Waals surface area (Å²) >= 11 is 0. The van der Waals surface area contributed by atoms with Crippen LogP contribution in [-0.4, -0.2) is 29.0 Å². The van der Waals surface area contributed by atoms with Gasteiger partial charge < -0.3 is 9.80 Å². The maximum Gasteiger partial charge on any atom is 0.277 e. The van der Waals surface area contributed by atoms with Gasteiger partial charge in [-0.05, 0) is 50.1 Å². The van der Waals surface area contributed by atoms with E-state index in [0.717, 1.165) is 17.8 Å². The van der Waals surface area contributed by atoms with E-state index in [1.807, 2.05) is 56.3 Å². The average Bonchev–Trinajstić information content (AvgIpc) is 2.73. The Hall–Kier alpha value is -3.21. The Labute approximate surface area is 166 Å². The monoisotopic (exact) mass is 374 g/mol. The highest BCUT2D eigenvalue weighted by molar-refractivity contribution is 6.04. The lowest BCUT2D eigenvalue weighted by Gasteiger charge is -2.23. The summed E-state index contributed by atoms with van der Waals surface area (Å²) in [6.45, 7) is 8.07. The highest BCUT2D eigenvalue weighted by Crippen LogP contribution is 2.19. The molecule has 0 aliphatic rings. The molecule has 0 fully saturated rings. The number of amides is 1. The highest BCUT2D eigenvalue weighted by Gasteiger charge is 2.19. The van der Waals surface area contributed by atoms with E-state index in [4.69, 9.17) is 0 Å². The summed E-state index contributed by atoms with van der Waals surface area (Å²) in [6.07, 6.45) is 1.66. The lowest BCUT2D eigenvalue weighted by Crippen LogP contribution is -2.32. The van der Waals surface area contributed by atoms with Gasteiger partial charge in [0.05, 0.1) is 0 Å². The number of carbonyl (C=O) groups is 1. The summed E-state index contributed by atoms with van der Waals surface area (Å²) in [5, 5.41) is 0. The van der Waals surface area contributed by atoms with Crippen LogP contribution in [0.4, 0.5) is 11.6 Å². The van der Waals surface area contributed by atoms with Crippen LogP contribution in [0, 0.1) is 6.92 Å². The number of benzene rings is 2. The molecule has 0 bridgehead atoms. The zero-order valence-corrected chi connectivity index (χ0v) is 16.7. The van der Waals surface area contributed by atoms with Crippen LogP contribution in [-0.2, 0) is 6.54 Å². The molecule has 3 rings (SSSR count). The third-order valence-electron chi connectivity index (χ3n) is 4.62. The van der Waals surface area contributed by atoms with E-state index >= 15 is 0 Å². The van der Waals surface area contributed by atoms with Gasteiger partial charge in [-0.3, -0.25) is 4.79 Å². The number of aryl methyl sites for hydroxylation is 1. The second kappa shape index (κ2) is 9.13. The third kappa shape index (κ3) is 4.55. The smallest absolute Gasteiger partial charge is 0.277 e. The minimum Gasteiger partial charge on any atom is -0.337 e. The topological polar surface area (TPSA) is 49.3 Å². The Kier molecular flexibility index (Phi) is 6.37. The van der Waals surface area contributed by atoms with Gasteiger partial charge in [-0.2, -0.15) is 0 Å². The Morgan fingerprint density at radius 3 is 2.43 bits per heavy atom. The molecule has 0 unspecified atom stereocenters. The molecule has 144 valence electrons. The van der Waals surface area contributed by atoms with Gasteiger partial charge in [0.2, 0.25) is 5.95 Å². The molecule has 1 heterocycles. The van der Waals surface area contributed by atoms with Crippen LogP contribution in [0.5, 0.6) is 0 Å². The van der Waals surface area contributed by atoms with Crippen molar-refractivity contribution in [3.63, 3.8) is 0 Å². The van der Waals surface area contributed by atoms with Crippen molar-refractivity contribution in [2.45, 2.75) is 27.3 Å². The van der Waals surface area contributed by atoms with Crippen LogP contribution in [0.2, 0.25) is 0 Å². The molecule has 0 N–H and O–H groups in total. The van der Waals surface area contributed by atoms with E-state index in [9.17, 15) is 4.79 Å². The number of hydrogen-bond donors (Lipinski definition) is 0. The Balaban J connectivity index is 1.85. The van der Waals surface area contributed by atoms with E-state index < -0.39 is 0 Å². The predicted octanol–water partition coefficient (Wildman–Crippen LogP) is 4.48. The summed E-state index contributed by atoms with van der Waals surface area (Å²) in [5.41, 5.74) is 3.58. The fourth-order valence-corrected chi connectivity index (χ4v) is 3.13. The molecule has 3 aromatic rings. The zero-order chi connectivity index (χ0) is 19.9. The van der Waals surface area contributed by atoms with E-state index in [-0.39, 0.29) is 5.91 Å². The lowest BCUT2D eigenvalue weighted by molar-refractivity contribution is 0.0983. The van der Waals surface area contributed by atoms with Crippen molar-refractivity contribution in [3.8, 4) is 0 Å². The van der Waals surface area contributed by atoms with Crippen LogP contribution >= 0.6 is 0 Å². The first-order chi connectivity index (χ1) is 13.6. The fourth-order valence-electron chi connectivity index (χ4n) is 3.13. The van der Waals surface area contributed by atoms with Crippen molar-refractivity contribution in [2.24, 2.45) is 0 Å². The summed E-state index contributed by atoms with van der Waals surface area (Å²) < 4.78 is 0. The SMILES string of the molecule is CCN(Cc1ccccc1)c1nccc(C(=O)N(CC)c2cccc(C)c2)n1. The highest BCUT2D eigenvalue weighted by atomic mass is 16.2. The molecule has 0 aliphatic heterocycles. The van der Waals surface area contributed by atoms with Crippen molar-refractivity contribution < 1.29 is 4.79 Å². The molecule has 5 heteroatoms. The Bertz CT molecular complexity index is 927. The first kappa shape index (κ1) is 19.5. The molecule has 0 saturated heterocycles. The molecule has 5 nitrogen and oxygen atoms in total. The van der Waals surface area contributed by atoms with Crippen LogP contribution in [0.15, 0.2) is 66.9 Å². The fraction of sp³-hybridized carbons (Fsp3) is 0.261. The zero-order valence-electron chi connectivity index (χ0n) is 16.7. The van der Waals surface area contributed by atoms with Gasteiger partial charge in [0.25, 0.3) is 5.91 Å². The predicted molar refractivity (Wildman–Crippen MR) is 114 cm³/mol. The van der Waals surface area contributed by atoms with Crippen molar-refractivity contribution in [3.05, 3.63) is 83.7 Å². The summed E-state index contributed by atoms with van der Waals surface area (Å²) in [6, 6.07) is 19.8. The van der Waals surface area contributed by atoms with E-state index in [2.05, 4.69) is 33.9 Å². The minimum atomic E-state index is -0.118. The number of aromatic nitrogens is 2. The molecule has 0 atom stereocenters. The van der Waals surface area contributed by atoms with Gasteiger partial charge in [0, 0.05) is 31.5 Å². The van der Waals surface area contributed by atoms with Crippen molar-refractivity contribution in [1.82, 2.24) is 9.97 Å².